The maximum atomic E-state index is 13.8. The highest BCUT2D eigenvalue weighted by atomic mass is 19.1. The van der Waals surface area contributed by atoms with E-state index in [-0.39, 0.29) is 34.8 Å². The quantitative estimate of drug-likeness (QED) is 0.873. The van der Waals surface area contributed by atoms with E-state index in [1.54, 1.807) is 12.1 Å². The number of benzene rings is 2. The SMILES string of the molecule is COC(=O)c1ccc(F)c(NC(=O)C2CC2c2ccc(F)cc2)c1. The van der Waals surface area contributed by atoms with Gasteiger partial charge in [0.2, 0.25) is 5.91 Å². The van der Waals surface area contributed by atoms with Gasteiger partial charge in [-0.25, -0.2) is 13.6 Å². The molecular formula is C18H15F2NO3. The normalized spacial score (nSPS) is 18.8. The van der Waals surface area contributed by atoms with Gasteiger partial charge in [0.15, 0.2) is 0 Å². The van der Waals surface area contributed by atoms with Crippen LogP contribution < -0.4 is 5.32 Å². The van der Waals surface area contributed by atoms with Gasteiger partial charge in [0.05, 0.1) is 18.4 Å². The van der Waals surface area contributed by atoms with Crippen molar-refractivity contribution in [1.82, 2.24) is 0 Å². The highest BCUT2D eigenvalue weighted by molar-refractivity contribution is 5.97. The van der Waals surface area contributed by atoms with Gasteiger partial charge in [-0.2, -0.15) is 0 Å². The molecule has 124 valence electrons. The summed E-state index contributed by atoms with van der Waals surface area (Å²) in [6.07, 6.45) is 0.621. The Morgan fingerprint density at radius 2 is 1.83 bits per heavy atom. The van der Waals surface area contributed by atoms with Crippen LogP contribution in [0.3, 0.4) is 0 Å². The fraction of sp³-hybridized carbons (Fsp3) is 0.222. The first kappa shape index (κ1) is 16.1. The van der Waals surface area contributed by atoms with Crippen LogP contribution in [-0.4, -0.2) is 19.0 Å². The Bertz CT molecular complexity index is 789. The van der Waals surface area contributed by atoms with Crippen LogP contribution in [0.15, 0.2) is 42.5 Å². The van der Waals surface area contributed by atoms with Gasteiger partial charge in [0, 0.05) is 5.92 Å². The minimum atomic E-state index is -0.630. The predicted octanol–water partition coefficient (Wildman–Crippen LogP) is 3.49. The molecule has 6 heteroatoms. The van der Waals surface area contributed by atoms with Gasteiger partial charge in [-0.3, -0.25) is 4.79 Å². The zero-order valence-electron chi connectivity index (χ0n) is 12.9. The monoisotopic (exact) mass is 331 g/mol. The van der Waals surface area contributed by atoms with Crippen molar-refractivity contribution in [3.8, 4) is 0 Å². The molecule has 1 fully saturated rings. The number of esters is 1. The fourth-order valence-corrected chi connectivity index (χ4v) is 2.65. The molecule has 24 heavy (non-hydrogen) atoms. The van der Waals surface area contributed by atoms with Crippen molar-refractivity contribution in [2.75, 3.05) is 12.4 Å². The Labute approximate surface area is 137 Å². The summed E-state index contributed by atoms with van der Waals surface area (Å²) in [5.41, 5.74) is 0.966. The summed E-state index contributed by atoms with van der Waals surface area (Å²) in [7, 11) is 1.22. The molecule has 3 rings (SSSR count). The van der Waals surface area contributed by atoms with Crippen molar-refractivity contribution >= 4 is 17.6 Å². The van der Waals surface area contributed by atoms with Crippen LogP contribution in [0, 0.1) is 17.6 Å². The number of anilines is 1. The molecular weight excluding hydrogens is 316 g/mol. The average Bonchev–Trinajstić information content (AvgIpc) is 3.37. The van der Waals surface area contributed by atoms with Crippen molar-refractivity contribution in [1.29, 1.82) is 0 Å². The Morgan fingerprint density at radius 3 is 2.50 bits per heavy atom. The Morgan fingerprint density at radius 1 is 1.12 bits per heavy atom. The summed E-state index contributed by atoms with van der Waals surface area (Å²) >= 11 is 0. The first-order valence-electron chi connectivity index (χ1n) is 7.44. The van der Waals surface area contributed by atoms with E-state index in [1.165, 1.54) is 31.4 Å². The molecule has 0 spiro atoms. The molecule has 2 aromatic carbocycles. The third-order valence-corrected chi connectivity index (χ3v) is 4.07. The largest absolute Gasteiger partial charge is 0.465 e. The zero-order valence-corrected chi connectivity index (χ0v) is 12.9. The lowest BCUT2D eigenvalue weighted by Gasteiger charge is -2.08. The third-order valence-electron chi connectivity index (χ3n) is 4.07. The lowest BCUT2D eigenvalue weighted by atomic mass is 10.1. The summed E-state index contributed by atoms with van der Waals surface area (Å²) in [4.78, 5) is 23.7. The minimum absolute atomic E-state index is 0.00236. The van der Waals surface area contributed by atoms with Gasteiger partial charge in [0.25, 0.3) is 0 Å². The van der Waals surface area contributed by atoms with Crippen molar-refractivity contribution in [3.05, 3.63) is 65.2 Å². The summed E-state index contributed by atoms with van der Waals surface area (Å²) in [6.45, 7) is 0. The van der Waals surface area contributed by atoms with Gasteiger partial charge >= 0.3 is 5.97 Å². The first-order valence-corrected chi connectivity index (χ1v) is 7.44. The number of methoxy groups -OCH3 is 1. The average molecular weight is 331 g/mol. The number of ether oxygens (including phenoxy) is 1. The predicted molar refractivity (Wildman–Crippen MR) is 83.6 cm³/mol. The molecule has 1 aliphatic rings. The number of carbonyl (C=O) groups excluding carboxylic acids is 2. The number of nitrogens with one attached hydrogen (secondary N) is 1. The molecule has 2 unspecified atom stereocenters. The van der Waals surface area contributed by atoms with Crippen LogP contribution in [-0.2, 0) is 9.53 Å². The smallest absolute Gasteiger partial charge is 0.337 e. The summed E-state index contributed by atoms with van der Waals surface area (Å²) in [6, 6.07) is 9.62. The van der Waals surface area contributed by atoms with Crippen molar-refractivity contribution in [2.45, 2.75) is 12.3 Å². The maximum absolute atomic E-state index is 13.8. The molecule has 2 atom stereocenters. The highest BCUT2D eigenvalue weighted by Gasteiger charge is 2.44. The highest BCUT2D eigenvalue weighted by Crippen LogP contribution is 2.48. The molecule has 0 heterocycles. The first-order chi connectivity index (χ1) is 11.5. The molecule has 0 bridgehead atoms. The number of hydrogen-bond acceptors (Lipinski definition) is 3. The molecule has 0 aliphatic heterocycles. The lowest BCUT2D eigenvalue weighted by molar-refractivity contribution is -0.117. The van der Waals surface area contributed by atoms with E-state index >= 15 is 0 Å². The van der Waals surface area contributed by atoms with Crippen LogP contribution in [0.4, 0.5) is 14.5 Å². The van der Waals surface area contributed by atoms with Crippen molar-refractivity contribution in [2.24, 2.45) is 5.92 Å². The van der Waals surface area contributed by atoms with Gasteiger partial charge in [0.1, 0.15) is 11.6 Å². The molecule has 1 amide bonds. The minimum Gasteiger partial charge on any atom is -0.465 e. The molecule has 0 radical (unpaired) electrons. The van der Waals surface area contributed by atoms with E-state index in [1.807, 2.05) is 0 Å². The van der Waals surface area contributed by atoms with Crippen LogP contribution in [0.5, 0.6) is 0 Å². The number of rotatable bonds is 4. The molecule has 2 aromatic rings. The third kappa shape index (κ3) is 3.27. The molecule has 1 saturated carbocycles. The molecule has 1 N–H and O–H groups in total. The maximum Gasteiger partial charge on any atom is 0.337 e. The van der Waals surface area contributed by atoms with E-state index in [0.717, 1.165) is 11.6 Å². The van der Waals surface area contributed by atoms with Gasteiger partial charge in [-0.15, -0.1) is 0 Å². The standard InChI is InChI=1S/C18H15F2NO3/c1-24-18(23)11-4-7-15(20)16(8-11)21-17(22)14-9-13(14)10-2-5-12(19)6-3-10/h2-8,13-14H,9H2,1H3,(H,21,22). The van der Waals surface area contributed by atoms with E-state index in [2.05, 4.69) is 10.1 Å². The van der Waals surface area contributed by atoms with Crippen LogP contribution in [0.2, 0.25) is 0 Å². The number of halogens is 2. The fourth-order valence-electron chi connectivity index (χ4n) is 2.65. The van der Waals surface area contributed by atoms with E-state index in [0.29, 0.717) is 6.42 Å². The molecule has 1 aliphatic carbocycles. The molecule has 0 aromatic heterocycles. The van der Waals surface area contributed by atoms with Crippen molar-refractivity contribution in [3.63, 3.8) is 0 Å². The summed E-state index contributed by atoms with van der Waals surface area (Å²) < 4.78 is 31.3. The van der Waals surface area contributed by atoms with Crippen LogP contribution in [0.25, 0.3) is 0 Å². The Kier molecular flexibility index (Phi) is 4.29. The number of carbonyl (C=O) groups is 2. The second-order valence-corrected chi connectivity index (χ2v) is 5.68. The Hall–Kier alpha value is -2.76. The number of amides is 1. The molecule has 0 saturated heterocycles. The van der Waals surface area contributed by atoms with E-state index < -0.39 is 11.8 Å². The summed E-state index contributed by atoms with van der Waals surface area (Å²) in [5, 5.41) is 2.51. The molecule has 4 nitrogen and oxygen atoms in total. The second-order valence-electron chi connectivity index (χ2n) is 5.68. The number of hydrogen-bond donors (Lipinski definition) is 1. The lowest BCUT2D eigenvalue weighted by Crippen LogP contribution is -2.16. The van der Waals surface area contributed by atoms with Gasteiger partial charge < -0.3 is 10.1 Å². The zero-order chi connectivity index (χ0) is 17.3. The van der Waals surface area contributed by atoms with Crippen LogP contribution >= 0.6 is 0 Å². The van der Waals surface area contributed by atoms with Crippen molar-refractivity contribution < 1.29 is 23.1 Å². The topological polar surface area (TPSA) is 55.4 Å². The van der Waals surface area contributed by atoms with Crippen LogP contribution in [0.1, 0.15) is 28.3 Å². The van der Waals surface area contributed by atoms with Gasteiger partial charge in [-0.1, -0.05) is 12.1 Å². The summed E-state index contributed by atoms with van der Waals surface area (Å²) in [5.74, 6) is -2.20. The van der Waals surface area contributed by atoms with E-state index in [4.69, 9.17) is 0 Å². The second kappa shape index (κ2) is 6.39. The van der Waals surface area contributed by atoms with E-state index in [9.17, 15) is 18.4 Å². The Balaban J connectivity index is 1.70. The van der Waals surface area contributed by atoms with Gasteiger partial charge in [-0.05, 0) is 48.2 Å².